The predicted octanol–water partition coefficient (Wildman–Crippen LogP) is 5.95. The molecule has 43 heavy (non-hydrogen) atoms. The first-order valence-electron chi connectivity index (χ1n) is 14.4. The number of ether oxygens (including phenoxy) is 1. The number of rotatable bonds is 15. The third-order valence-electron chi connectivity index (χ3n) is 7.25. The SMILES string of the molecule is O=C(c1ccccc1)c1ccccc1N[C@@H](Cc1ccc(OCCN(CC2CC2)C(=O)/C=C/c2ccco2)cc1)C(=O)O. The van der Waals surface area contributed by atoms with Gasteiger partial charge in [-0.1, -0.05) is 54.6 Å². The molecule has 4 aromatic rings. The minimum absolute atomic E-state index is 0.0819. The van der Waals surface area contributed by atoms with Crippen LogP contribution >= 0.6 is 0 Å². The molecule has 5 rings (SSSR count). The van der Waals surface area contributed by atoms with Crippen LogP contribution in [0, 0.1) is 5.92 Å². The average molecular weight is 579 g/mol. The lowest BCUT2D eigenvalue weighted by Crippen LogP contribution is -2.35. The number of hydrogen-bond donors (Lipinski definition) is 2. The highest BCUT2D eigenvalue weighted by atomic mass is 16.5. The molecule has 0 unspecified atom stereocenters. The zero-order valence-corrected chi connectivity index (χ0v) is 23.7. The number of hydrogen-bond acceptors (Lipinski definition) is 6. The Morgan fingerprint density at radius 1 is 0.953 bits per heavy atom. The molecule has 1 aliphatic rings. The molecule has 220 valence electrons. The Morgan fingerprint density at radius 3 is 2.40 bits per heavy atom. The minimum Gasteiger partial charge on any atom is -0.492 e. The second-order valence-electron chi connectivity index (χ2n) is 10.5. The molecule has 0 saturated heterocycles. The van der Waals surface area contributed by atoms with Gasteiger partial charge in [-0.15, -0.1) is 0 Å². The second-order valence-corrected chi connectivity index (χ2v) is 10.5. The Morgan fingerprint density at radius 2 is 1.70 bits per heavy atom. The lowest BCUT2D eigenvalue weighted by molar-refractivity contribution is -0.137. The van der Waals surface area contributed by atoms with E-state index in [4.69, 9.17) is 9.15 Å². The highest BCUT2D eigenvalue weighted by Gasteiger charge is 2.26. The number of nitrogens with one attached hydrogen (secondary N) is 1. The molecule has 3 aromatic carbocycles. The van der Waals surface area contributed by atoms with Crippen molar-refractivity contribution in [2.24, 2.45) is 5.92 Å². The van der Waals surface area contributed by atoms with E-state index < -0.39 is 12.0 Å². The van der Waals surface area contributed by atoms with E-state index in [0.29, 0.717) is 53.9 Å². The lowest BCUT2D eigenvalue weighted by atomic mass is 10.00. The largest absolute Gasteiger partial charge is 0.492 e. The minimum atomic E-state index is -1.02. The number of aliphatic carboxylic acids is 1. The molecule has 1 heterocycles. The number of carboxylic acids is 1. The van der Waals surface area contributed by atoms with Crippen molar-refractivity contribution in [3.8, 4) is 5.75 Å². The van der Waals surface area contributed by atoms with Gasteiger partial charge in [0.15, 0.2) is 5.78 Å². The molecule has 2 N–H and O–H groups in total. The third-order valence-corrected chi connectivity index (χ3v) is 7.25. The number of furan rings is 1. The maximum atomic E-state index is 13.1. The van der Waals surface area contributed by atoms with Crippen molar-refractivity contribution in [2.45, 2.75) is 25.3 Å². The van der Waals surface area contributed by atoms with Crippen LogP contribution in [0.5, 0.6) is 5.75 Å². The van der Waals surface area contributed by atoms with E-state index >= 15 is 0 Å². The van der Waals surface area contributed by atoms with Crippen LogP contribution in [-0.2, 0) is 16.0 Å². The van der Waals surface area contributed by atoms with Gasteiger partial charge in [-0.3, -0.25) is 9.59 Å². The standard InChI is InChI=1S/C35H34N2O6/c38-33(19-18-28-9-6-21-42-28)37(24-26-12-13-26)20-22-43-29-16-14-25(15-17-29)23-32(35(40)41)36-31-11-5-4-10-30(31)34(39)27-7-2-1-3-8-27/h1-11,14-19,21,26,32,36H,12-13,20,22-24H2,(H,40,41)/b19-18+/t32-/m0/s1. The lowest BCUT2D eigenvalue weighted by Gasteiger charge is -2.21. The highest BCUT2D eigenvalue weighted by molar-refractivity contribution is 6.12. The number of amides is 1. The Kier molecular flexibility index (Phi) is 9.69. The van der Waals surface area contributed by atoms with Crippen LogP contribution in [0.4, 0.5) is 5.69 Å². The van der Waals surface area contributed by atoms with E-state index in [1.54, 1.807) is 90.0 Å². The summed E-state index contributed by atoms with van der Waals surface area (Å²) in [6, 6.07) is 25.7. The summed E-state index contributed by atoms with van der Waals surface area (Å²) >= 11 is 0. The zero-order valence-electron chi connectivity index (χ0n) is 23.7. The predicted molar refractivity (Wildman–Crippen MR) is 164 cm³/mol. The Labute approximate surface area is 250 Å². The van der Waals surface area contributed by atoms with Crippen LogP contribution in [0.25, 0.3) is 6.08 Å². The van der Waals surface area contributed by atoms with Gasteiger partial charge in [0.2, 0.25) is 5.91 Å². The molecule has 0 bridgehead atoms. The molecule has 1 aromatic heterocycles. The molecule has 1 amide bonds. The van der Waals surface area contributed by atoms with Gasteiger partial charge in [-0.2, -0.15) is 0 Å². The van der Waals surface area contributed by atoms with Gasteiger partial charge in [0.1, 0.15) is 24.2 Å². The quantitative estimate of drug-likeness (QED) is 0.133. The number of carbonyl (C=O) groups excluding carboxylic acids is 2. The molecule has 0 radical (unpaired) electrons. The van der Waals surface area contributed by atoms with Gasteiger partial charge in [0, 0.05) is 35.9 Å². The summed E-state index contributed by atoms with van der Waals surface area (Å²) in [5, 5.41) is 13.0. The maximum Gasteiger partial charge on any atom is 0.326 e. The van der Waals surface area contributed by atoms with E-state index in [1.165, 1.54) is 6.08 Å². The number of carboxylic acid groups (broad SMARTS) is 1. The van der Waals surface area contributed by atoms with E-state index in [9.17, 15) is 19.5 Å². The fourth-order valence-corrected chi connectivity index (χ4v) is 4.72. The van der Waals surface area contributed by atoms with Gasteiger partial charge < -0.3 is 24.5 Å². The molecule has 1 fully saturated rings. The summed E-state index contributed by atoms with van der Waals surface area (Å²) in [6.45, 7) is 1.48. The Hall–Kier alpha value is -5.11. The molecular formula is C35H34N2O6. The monoisotopic (exact) mass is 578 g/mol. The second kappa shape index (κ2) is 14.2. The van der Waals surface area contributed by atoms with Crippen LogP contribution in [-0.4, -0.2) is 53.4 Å². The summed E-state index contributed by atoms with van der Waals surface area (Å²) in [4.78, 5) is 39.8. The van der Waals surface area contributed by atoms with Crippen LogP contribution in [0.1, 0.15) is 40.1 Å². The number of para-hydroxylation sites is 1. The summed E-state index contributed by atoms with van der Waals surface area (Å²) in [7, 11) is 0. The number of carbonyl (C=O) groups is 3. The molecule has 8 heteroatoms. The first-order valence-corrected chi connectivity index (χ1v) is 14.4. The fraction of sp³-hybridized carbons (Fsp3) is 0.229. The molecule has 1 saturated carbocycles. The van der Waals surface area contributed by atoms with Crippen molar-refractivity contribution in [3.63, 3.8) is 0 Å². The van der Waals surface area contributed by atoms with Crippen molar-refractivity contribution in [2.75, 3.05) is 25.0 Å². The van der Waals surface area contributed by atoms with Gasteiger partial charge in [0.25, 0.3) is 0 Å². The van der Waals surface area contributed by atoms with Crippen LogP contribution < -0.4 is 10.1 Å². The molecule has 8 nitrogen and oxygen atoms in total. The zero-order chi connectivity index (χ0) is 30.0. The molecule has 1 aliphatic carbocycles. The van der Waals surface area contributed by atoms with Crippen molar-refractivity contribution in [1.82, 2.24) is 4.90 Å². The highest BCUT2D eigenvalue weighted by Crippen LogP contribution is 2.30. The maximum absolute atomic E-state index is 13.1. The molecule has 1 atom stereocenters. The van der Waals surface area contributed by atoms with Crippen molar-refractivity contribution in [3.05, 3.63) is 126 Å². The van der Waals surface area contributed by atoms with Gasteiger partial charge in [0.05, 0.1) is 12.8 Å². The molecular weight excluding hydrogens is 544 g/mol. The number of nitrogens with zero attached hydrogens (tertiary/aromatic N) is 1. The van der Waals surface area contributed by atoms with Crippen LogP contribution in [0.3, 0.4) is 0 Å². The number of anilines is 1. The van der Waals surface area contributed by atoms with E-state index in [1.807, 2.05) is 18.2 Å². The third kappa shape index (κ3) is 8.45. The molecule has 0 aliphatic heterocycles. The first kappa shape index (κ1) is 29.4. The first-order chi connectivity index (χ1) is 21.0. The van der Waals surface area contributed by atoms with Gasteiger partial charge in [-0.25, -0.2) is 4.79 Å². The topological polar surface area (TPSA) is 109 Å². The van der Waals surface area contributed by atoms with E-state index in [-0.39, 0.29) is 18.1 Å². The Balaban J connectivity index is 1.17. The average Bonchev–Trinajstić information content (AvgIpc) is 3.70. The molecule has 0 spiro atoms. The van der Waals surface area contributed by atoms with Crippen molar-refractivity contribution < 1.29 is 28.6 Å². The summed E-state index contributed by atoms with van der Waals surface area (Å²) < 4.78 is 11.2. The van der Waals surface area contributed by atoms with Gasteiger partial charge in [-0.05, 0) is 66.8 Å². The van der Waals surface area contributed by atoms with E-state index in [2.05, 4.69) is 5.32 Å². The smallest absolute Gasteiger partial charge is 0.326 e. The fourth-order valence-electron chi connectivity index (χ4n) is 4.72. The number of benzene rings is 3. The van der Waals surface area contributed by atoms with Crippen molar-refractivity contribution >= 4 is 29.4 Å². The van der Waals surface area contributed by atoms with Gasteiger partial charge >= 0.3 is 5.97 Å². The Bertz CT molecular complexity index is 1540. The van der Waals surface area contributed by atoms with E-state index in [0.717, 1.165) is 18.4 Å². The summed E-state index contributed by atoms with van der Waals surface area (Å²) in [6.07, 6.45) is 7.23. The van der Waals surface area contributed by atoms with Crippen molar-refractivity contribution in [1.29, 1.82) is 0 Å². The summed E-state index contributed by atoms with van der Waals surface area (Å²) in [5.74, 6) is 0.513. The van der Waals surface area contributed by atoms with Crippen LogP contribution in [0.15, 0.2) is 108 Å². The van der Waals surface area contributed by atoms with Crippen LogP contribution in [0.2, 0.25) is 0 Å². The number of ketones is 1. The summed E-state index contributed by atoms with van der Waals surface area (Å²) in [5.41, 5.74) is 2.21. The normalized spacial score (nSPS) is 13.4.